The van der Waals surface area contributed by atoms with Crippen LogP contribution in [-0.2, 0) is 10.0 Å². The number of hydrogen-bond donors (Lipinski definition) is 1. The Hall–Kier alpha value is 0.340. The average molecular weight is 376 g/mol. The monoisotopic (exact) mass is 375 g/mol. The van der Waals surface area contributed by atoms with E-state index in [1.165, 1.54) is 0 Å². The van der Waals surface area contributed by atoms with Gasteiger partial charge in [-0.3, -0.25) is 0 Å². The lowest BCUT2D eigenvalue weighted by Crippen LogP contribution is -2.14. The quantitative estimate of drug-likeness (QED) is 0.763. The Labute approximate surface area is 99.0 Å². The molecule has 1 aromatic rings. The van der Waals surface area contributed by atoms with Gasteiger partial charge in [-0.2, -0.15) is 0 Å². The van der Waals surface area contributed by atoms with Crippen molar-refractivity contribution >= 4 is 48.5 Å². The fraction of sp³-hybridized carbons (Fsp3) is 0.143. The Kier molecular flexibility index (Phi) is 3.37. The van der Waals surface area contributed by atoms with Crippen LogP contribution in [0.5, 0.6) is 0 Å². The molecule has 2 N–H and O–H groups in total. The van der Waals surface area contributed by atoms with Crippen LogP contribution in [0.2, 0.25) is 0 Å². The second-order valence-corrected chi connectivity index (χ2v) is 6.12. The van der Waals surface area contributed by atoms with E-state index in [0.717, 1.165) is 5.56 Å². The van der Waals surface area contributed by atoms with Gasteiger partial charge in [0, 0.05) is 8.04 Å². The molecule has 0 aliphatic carbocycles. The van der Waals surface area contributed by atoms with Crippen molar-refractivity contribution in [3.63, 3.8) is 0 Å². The Morgan fingerprint density at radius 3 is 2.38 bits per heavy atom. The van der Waals surface area contributed by atoms with Crippen LogP contribution in [-0.4, -0.2) is 8.42 Å². The summed E-state index contributed by atoms with van der Waals surface area (Å²) in [4.78, 5) is 0.152. The molecule has 0 amide bonds. The molecule has 1 rings (SSSR count). The fourth-order valence-corrected chi connectivity index (χ4v) is 4.94. The lowest BCUT2D eigenvalue weighted by molar-refractivity contribution is 0.596. The number of nitrogens with two attached hydrogens (primary N) is 1. The van der Waals surface area contributed by atoms with E-state index in [1.807, 2.05) is 29.5 Å². The number of benzene rings is 1. The van der Waals surface area contributed by atoms with E-state index in [1.54, 1.807) is 12.1 Å². The Morgan fingerprint density at radius 1 is 1.46 bits per heavy atom. The molecule has 0 spiro atoms. The molecular weight excluding hydrogens is 369 g/mol. The molecule has 13 heavy (non-hydrogen) atoms. The molecule has 0 fully saturated rings. The van der Waals surface area contributed by atoms with Crippen molar-refractivity contribution in [3.8, 4) is 0 Å². The minimum atomic E-state index is -3.64. The molecule has 0 saturated carbocycles. The molecule has 1 aromatic carbocycles. The Bertz CT molecular complexity index is 421. The van der Waals surface area contributed by atoms with E-state index in [9.17, 15) is 8.42 Å². The van der Waals surface area contributed by atoms with Gasteiger partial charge < -0.3 is 0 Å². The van der Waals surface area contributed by atoms with Gasteiger partial charge in [-0.1, -0.05) is 0 Å². The van der Waals surface area contributed by atoms with Gasteiger partial charge in [0.25, 0.3) is 0 Å². The van der Waals surface area contributed by atoms with Crippen molar-refractivity contribution in [3.05, 3.63) is 25.7 Å². The van der Waals surface area contributed by atoms with Crippen molar-refractivity contribution in [1.29, 1.82) is 0 Å². The summed E-state index contributed by atoms with van der Waals surface area (Å²) in [6, 6.07) is 3.49. The third kappa shape index (κ3) is 2.64. The topological polar surface area (TPSA) is 60.2 Å². The van der Waals surface area contributed by atoms with Crippen molar-refractivity contribution < 1.29 is 8.42 Å². The van der Waals surface area contributed by atoms with Crippen LogP contribution in [0.15, 0.2) is 21.5 Å². The fourth-order valence-electron chi connectivity index (χ4n) is 0.958. The molecule has 0 heterocycles. The van der Waals surface area contributed by atoms with Crippen LogP contribution in [0.25, 0.3) is 0 Å². The van der Waals surface area contributed by atoms with Gasteiger partial charge in [0.05, 0.1) is 0 Å². The normalized spacial score (nSPS) is 11.7. The van der Waals surface area contributed by atoms with E-state index >= 15 is 0 Å². The second kappa shape index (κ2) is 3.84. The number of aryl methyl sites for hydroxylation is 1. The summed E-state index contributed by atoms with van der Waals surface area (Å²) in [7, 11) is -3.64. The highest BCUT2D eigenvalue weighted by Crippen LogP contribution is 2.27. The first-order valence-electron chi connectivity index (χ1n) is 3.31. The van der Waals surface area contributed by atoms with Gasteiger partial charge in [0.15, 0.2) is 0 Å². The maximum absolute atomic E-state index is 11.1. The second-order valence-electron chi connectivity index (χ2n) is 2.60. The van der Waals surface area contributed by atoms with E-state index in [4.69, 9.17) is 5.14 Å². The highest BCUT2D eigenvalue weighted by atomic mass is 127. The lowest BCUT2D eigenvalue weighted by Gasteiger charge is -2.05. The lowest BCUT2D eigenvalue weighted by atomic mass is 10.2. The van der Waals surface area contributed by atoms with Gasteiger partial charge in [-0.25, -0.2) is 13.6 Å². The predicted octanol–water partition coefficient (Wildman–Crippen LogP) is 2.01. The number of primary sulfonamides is 1. The zero-order valence-electron chi connectivity index (χ0n) is 6.71. The third-order valence-corrected chi connectivity index (χ3v) is 4.54. The largest absolute Gasteiger partial charge is 0.240 e. The molecule has 0 aromatic heterocycles. The van der Waals surface area contributed by atoms with Gasteiger partial charge in [0.1, 0.15) is 4.90 Å². The first kappa shape index (κ1) is 11.4. The molecule has 0 aliphatic rings. The number of sulfonamides is 1. The van der Waals surface area contributed by atoms with Crippen LogP contribution in [0.4, 0.5) is 0 Å². The summed E-state index contributed by atoms with van der Waals surface area (Å²) >= 11 is 5.12. The van der Waals surface area contributed by atoms with Crippen LogP contribution in [0.3, 0.4) is 0 Å². The number of hydrogen-bond acceptors (Lipinski definition) is 2. The summed E-state index contributed by atoms with van der Waals surface area (Å²) in [5, 5.41) is 5.05. The minimum absolute atomic E-state index is 0.152. The molecule has 0 bridgehead atoms. The first-order valence-corrected chi connectivity index (χ1v) is 6.72. The minimum Gasteiger partial charge on any atom is -0.225 e. The zero-order chi connectivity index (χ0) is 10.2. The predicted molar refractivity (Wildman–Crippen MR) is 63.0 cm³/mol. The molecular formula is C7H7BrINO2S. The maximum atomic E-state index is 11.1. The average Bonchev–Trinajstić information content (AvgIpc) is 1.78. The van der Waals surface area contributed by atoms with Crippen molar-refractivity contribution in [1.82, 2.24) is 0 Å². The van der Waals surface area contributed by atoms with Gasteiger partial charge in [-0.15, -0.1) is 0 Å². The molecule has 72 valence electrons. The highest BCUT2D eigenvalue weighted by molar-refractivity contribution is 14.1. The molecule has 0 aliphatic heterocycles. The number of halogens is 2. The van der Waals surface area contributed by atoms with Crippen molar-refractivity contribution in [2.75, 3.05) is 0 Å². The maximum Gasteiger partial charge on any atom is 0.240 e. The molecule has 0 saturated heterocycles. The number of rotatable bonds is 1. The Balaban J connectivity index is 3.57. The zero-order valence-corrected chi connectivity index (χ0v) is 11.3. The van der Waals surface area contributed by atoms with Crippen LogP contribution < -0.4 is 5.14 Å². The Morgan fingerprint density at radius 2 is 2.00 bits per heavy atom. The highest BCUT2D eigenvalue weighted by Gasteiger charge is 2.16. The molecule has 0 radical (unpaired) electrons. The standard InChI is InChI=1S/C7H7BrINO2S/c1-4-2-5(8)7(6(9)3-4)13(10,11)12/h2-3H,1H3,(H2,10,11,12). The van der Waals surface area contributed by atoms with Crippen LogP contribution in [0, 0.1) is 10.5 Å². The van der Waals surface area contributed by atoms with E-state index in [-0.39, 0.29) is 4.90 Å². The summed E-state index contributed by atoms with van der Waals surface area (Å²) in [6.45, 7) is 1.89. The van der Waals surface area contributed by atoms with Crippen molar-refractivity contribution in [2.24, 2.45) is 5.14 Å². The summed E-state index contributed by atoms with van der Waals surface area (Å²) in [6.07, 6.45) is 0. The summed E-state index contributed by atoms with van der Waals surface area (Å²) in [5.41, 5.74) is 0.990. The molecule has 3 nitrogen and oxygen atoms in total. The van der Waals surface area contributed by atoms with E-state index in [2.05, 4.69) is 15.9 Å². The molecule has 0 atom stereocenters. The van der Waals surface area contributed by atoms with E-state index < -0.39 is 10.0 Å². The molecule has 6 heteroatoms. The van der Waals surface area contributed by atoms with Gasteiger partial charge in [0.2, 0.25) is 10.0 Å². The summed E-state index contributed by atoms with van der Waals surface area (Å²) < 4.78 is 23.4. The van der Waals surface area contributed by atoms with E-state index in [0.29, 0.717) is 8.04 Å². The van der Waals surface area contributed by atoms with Crippen LogP contribution in [0.1, 0.15) is 5.56 Å². The van der Waals surface area contributed by atoms with Gasteiger partial charge >= 0.3 is 0 Å². The third-order valence-electron chi connectivity index (χ3n) is 1.43. The summed E-state index contributed by atoms with van der Waals surface area (Å²) in [5.74, 6) is 0. The van der Waals surface area contributed by atoms with Crippen molar-refractivity contribution in [2.45, 2.75) is 11.8 Å². The molecule has 0 unspecified atom stereocenters. The van der Waals surface area contributed by atoms with Gasteiger partial charge in [-0.05, 0) is 63.1 Å². The SMILES string of the molecule is Cc1cc(Br)c(S(N)(=O)=O)c(I)c1. The first-order chi connectivity index (χ1) is 5.82. The van der Waals surface area contributed by atoms with Crippen LogP contribution >= 0.6 is 38.5 Å². The smallest absolute Gasteiger partial charge is 0.225 e.